The summed E-state index contributed by atoms with van der Waals surface area (Å²) in [7, 11) is 0. The number of nitrogens with zero attached hydrogens (tertiary/aromatic N) is 1. The summed E-state index contributed by atoms with van der Waals surface area (Å²) in [6.07, 6.45) is 4.56. The number of hydrogen-bond acceptors (Lipinski definition) is 3. The molecule has 1 aliphatic rings. The van der Waals surface area contributed by atoms with Gasteiger partial charge in [-0.2, -0.15) is 0 Å². The van der Waals surface area contributed by atoms with E-state index in [4.69, 9.17) is 5.73 Å². The second kappa shape index (κ2) is 9.40. The van der Waals surface area contributed by atoms with Crippen LogP contribution in [0.1, 0.15) is 56.2 Å². The Morgan fingerprint density at radius 3 is 2.36 bits per heavy atom. The predicted octanol–water partition coefficient (Wildman–Crippen LogP) is 3.81. The van der Waals surface area contributed by atoms with Crippen LogP contribution < -0.4 is 11.1 Å². The molecule has 0 aliphatic heterocycles. The normalized spacial score (nSPS) is 15.2. The highest BCUT2D eigenvalue weighted by atomic mass is 16.2. The van der Waals surface area contributed by atoms with E-state index in [0.29, 0.717) is 24.2 Å². The number of para-hydroxylation sites is 1. The van der Waals surface area contributed by atoms with Crippen LogP contribution in [0.3, 0.4) is 0 Å². The molecule has 0 radical (unpaired) electrons. The fraction of sp³-hybridized carbons (Fsp3) is 0.391. The second-order valence-electron chi connectivity index (χ2n) is 7.38. The minimum atomic E-state index is -0.741. The average Bonchev–Trinajstić information content (AvgIpc) is 3.22. The molecule has 28 heavy (non-hydrogen) atoms. The number of amides is 2. The summed E-state index contributed by atoms with van der Waals surface area (Å²) in [5.41, 5.74) is 8.41. The predicted molar refractivity (Wildman–Crippen MR) is 111 cm³/mol. The number of carbonyl (C=O) groups excluding carboxylic acids is 2. The minimum Gasteiger partial charge on any atom is -0.398 e. The Labute approximate surface area is 166 Å². The van der Waals surface area contributed by atoms with E-state index >= 15 is 0 Å². The Balaban J connectivity index is 1.96. The molecule has 3 rings (SSSR count). The highest BCUT2D eigenvalue weighted by molar-refractivity contribution is 5.90. The van der Waals surface area contributed by atoms with Gasteiger partial charge < -0.3 is 16.0 Å². The summed E-state index contributed by atoms with van der Waals surface area (Å²) in [6.45, 7) is 2.19. The van der Waals surface area contributed by atoms with Crippen LogP contribution >= 0.6 is 0 Å². The maximum atomic E-state index is 13.3. The molecule has 5 nitrogen and oxygen atoms in total. The van der Waals surface area contributed by atoms with E-state index in [1.54, 1.807) is 11.0 Å². The largest absolute Gasteiger partial charge is 0.398 e. The van der Waals surface area contributed by atoms with Crippen LogP contribution in [0.4, 0.5) is 5.69 Å². The molecule has 1 saturated carbocycles. The fourth-order valence-corrected chi connectivity index (χ4v) is 3.87. The molecule has 3 N–H and O–H groups in total. The number of benzene rings is 2. The van der Waals surface area contributed by atoms with E-state index in [0.717, 1.165) is 31.2 Å². The molecule has 0 aromatic heterocycles. The third-order valence-electron chi connectivity index (χ3n) is 5.37. The Kier molecular flexibility index (Phi) is 6.69. The highest BCUT2D eigenvalue weighted by Gasteiger charge is 2.33. The molecule has 0 heterocycles. The number of nitrogens with two attached hydrogens (primary N) is 1. The van der Waals surface area contributed by atoms with Crippen LogP contribution in [0, 0.1) is 0 Å². The molecule has 0 spiro atoms. The van der Waals surface area contributed by atoms with Crippen LogP contribution in [-0.4, -0.2) is 22.8 Å². The van der Waals surface area contributed by atoms with Gasteiger partial charge in [0, 0.05) is 30.3 Å². The molecule has 2 aromatic rings. The van der Waals surface area contributed by atoms with Gasteiger partial charge in [0.05, 0.1) is 0 Å². The Morgan fingerprint density at radius 1 is 1.07 bits per heavy atom. The first-order valence-corrected chi connectivity index (χ1v) is 10.1. The van der Waals surface area contributed by atoms with Gasteiger partial charge in [-0.3, -0.25) is 9.59 Å². The number of nitrogens with one attached hydrogen (secondary N) is 1. The zero-order valence-corrected chi connectivity index (χ0v) is 16.4. The van der Waals surface area contributed by atoms with Crippen LogP contribution in [0.5, 0.6) is 0 Å². The fourth-order valence-electron chi connectivity index (χ4n) is 3.87. The maximum absolute atomic E-state index is 13.3. The zero-order valence-electron chi connectivity index (χ0n) is 16.4. The maximum Gasteiger partial charge on any atom is 0.247 e. The van der Waals surface area contributed by atoms with E-state index in [1.165, 1.54) is 0 Å². The van der Waals surface area contributed by atoms with Gasteiger partial charge in [-0.25, -0.2) is 0 Å². The molecule has 2 aromatic carbocycles. The molecular formula is C23H29N3O2. The zero-order chi connectivity index (χ0) is 19.9. The first-order valence-electron chi connectivity index (χ1n) is 10.1. The van der Waals surface area contributed by atoms with Gasteiger partial charge >= 0.3 is 0 Å². The third kappa shape index (κ3) is 4.71. The van der Waals surface area contributed by atoms with Gasteiger partial charge in [-0.15, -0.1) is 0 Å². The first kappa shape index (κ1) is 19.9. The molecule has 1 fully saturated rings. The standard InChI is InChI=1S/C23H29N3O2/c1-2-21(27)26(16-17-10-4-3-5-11-17)22(19-14-8-9-15-20(19)24)23(28)25-18-12-6-7-13-18/h3-5,8-11,14-15,18,22H,2,6-7,12-13,16,24H2,1H3,(H,25,28). The van der Waals surface area contributed by atoms with E-state index in [9.17, 15) is 9.59 Å². The van der Waals surface area contributed by atoms with Gasteiger partial charge in [0.15, 0.2) is 0 Å². The van der Waals surface area contributed by atoms with Gasteiger partial charge in [-0.05, 0) is 24.5 Å². The lowest BCUT2D eigenvalue weighted by molar-refractivity contribution is -0.141. The van der Waals surface area contributed by atoms with E-state index in [-0.39, 0.29) is 17.9 Å². The quantitative estimate of drug-likeness (QED) is 0.719. The number of nitrogen functional groups attached to an aromatic ring is 1. The number of anilines is 1. The van der Waals surface area contributed by atoms with Crippen LogP contribution in [-0.2, 0) is 16.1 Å². The Morgan fingerprint density at radius 2 is 1.71 bits per heavy atom. The lowest BCUT2D eigenvalue weighted by atomic mass is 10.00. The molecule has 1 unspecified atom stereocenters. The van der Waals surface area contributed by atoms with E-state index in [1.807, 2.05) is 55.5 Å². The molecular weight excluding hydrogens is 350 g/mol. The topological polar surface area (TPSA) is 75.4 Å². The number of hydrogen-bond donors (Lipinski definition) is 2. The minimum absolute atomic E-state index is 0.0707. The van der Waals surface area contributed by atoms with Crippen molar-refractivity contribution >= 4 is 17.5 Å². The molecule has 148 valence electrons. The van der Waals surface area contributed by atoms with E-state index in [2.05, 4.69) is 5.32 Å². The summed E-state index contributed by atoms with van der Waals surface area (Å²) in [5, 5.41) is 3.16. The van der Waals surface area contributed by atoms with Crippen molar-refractivity contribution in [1.82, 2.24) is 10.2 Å². The second-order valence-corrected chi connectivity index (χ2v) is 7.38. The summed E-state index contributed by atoms with van der Waals surface area (Å²) in [5.74, 6) is -0.221. The van der Waals surface area contributed by atoms with Crippen LogP contribution in [0.2, 0.25) is 0 Å². The average molecular weight is 380 g/mol. The lowest BCUT2D eigenvalue weighted by Gasteiger charge is -2.33. The van der Waals surface area contributed by atoms with Crippen molar-refractivity contribution in [2.24, 2.45) is 0 Å². The lowest BCUT2D eigenvalue weighted by Crippen LogP contribution is -2.46. The summed E-state index contributed by atoms with van der Waals surface area (Å²) in [6, 6.07) is 16.5. The first-order chi connectivity index (χ1) is 13.6. The third-order valence-corrected chi connectivity index (χ3v) is 5.37. The molecule has 0 saturated heterocycles. The van der Waals surface area contributed by atoms with Crippen molar-refractivity contribution in [1.29, 1.82) is 0 Å². The summed E-state index contributed by atoms with van der Waals surface area (Å²) in [4.78, 5) is 27.9. The van der Waals surface area contributed by atoms with E-state index < -0.39 is 6.04 Å². The van der Waals surface area contributed by atoms with Crippen LogP contribution in [0.25, 0.3) is 0 Å². The highest BCUT2D eigenvalue weighted by Crippen LogP contribution is 2.29. The smallest absolute Gasteiger partial charge is 0.247 e. The molecule has 2 amide bonds. The van der Waals surface area contributed by atoms with Crippen molar-refractivity contribution in [3.63, 3.8) is 0 Å². The molecule has 0 bridgehead atoms. The number of carbonyl (C=O) groups is 2. The molecule has 5 heteroatoms. The SMILES string of the molecule is CCC(=O)N(Cc1ccccc1)C(C(=O)NC1CCCC1)c1ccccc1N. The van der Waals surface area contributed by atoms with Crippen molar-refractivity contribution in [3.05, 3.63) is 65.7 Å². The van der Waals surface area contributed by atoms with Gasteiger partial charge in [0.1, 0.15) is 6.04 Å². The number of rotatable bonds is 7. The van der Waals surface area contributed by atoms with Crippen LogP contribution in [0.15, 0.2) is 54.6 Å². The monoisotopic (exact) mass is 379 g/mol. The Hall–Kier alpha value is -2.82. The van der Waals surface area contributed by atoms with Gasteiger partial charge in [-0.1, -0.05) is 68.3 Å². The van der Waals surface area contributed by atoms with Crippen molar-refractivity contribution < 1.29 is 9.59 Å². The molecule has 1 aliphatic carbocycles. The van der Waals surface area contributed by atoms with Crippen molar-refractivity contribution in [2.45, 2.75) is 57.7 Å². The van der Waals surface area contributed by atoms with Crippen molar-refractivity contribution in [2.75, 3.05) is 5.73 Å². The van der Waals surface area contributed by atoms with Crippen molar-refractivity contribution in [3.8, 4) is 0 Å². The summed E-state index contributed by atoms with van der Waals surface area (Å²) >= 11 is 0. The molecule has 1 atom stereocenters. The van der Waals surface area contributed by atoms with Gasteiger partial charge in [0.2, 0.25) is 11.8 Å². The Bertz CT molecular complexity index is 801. The summed E-state index contributed by atoms with van der Waals surface area (Å²) < 4.78 is 0. The van der Waals surface area contributed by atoms with Gasteiger partial charge in [0.25, 0.3) is 0 Å².